The van der Waals surface area contributed by atoms with Gasteiger partial charge in [0.1, 0.15) is 0 Å². The van der Waals surface area contributed by atoms with Gasteiger partial charge >= 0.3 is 0 Å². The lowest BCUT2D eigenvalue weighted by Crippen LogP contribution is -2.34. The number of rotatable bonds is 3. The minimum atomic E-state index is 0.417. The SMILES string of the molecule is CCc1cccc(C2CC(C(C)(C)C)CCC2CN)c1. The van der Waals surface area contributed by atoms with Crippen LogP contribution < -0.4 is 5.73 Å². The van der Waals surface area contributed by atoms with E-state index in [1.54, 1.807) is 0 Å². The molecule has 0 aromatic heterocycles. The van der Waals surface area contributed by atoms with E-state index in [1.807, 2.05) is 0 Å². The molecule has 1 nitrogen and oxygen atoms in total. The number of benzene rings is 1. The summed E-state index contributed by atoms with van der Waals surface area (Å²) in [4.78, 5) is 0. The van der Waals surface area contributed by atoms with E-state index in [4.69, 9.17) is 5.73 Å². The van der Waals surface area contributed by atoms with Crippen molar-refractivity contribution in [3.05, 3.63) is 35.4 Å². The second-order valence-corrected chi connectivity index (χ2v) is 7.58. The summed E-state index contributed by atoms with van der Waals surface area (Å²) in [5.41, 5.74) is 9.45. The molecule has 112 valence electrons. The molecule has 3 atom stereocenters. The standard InChI is InChI=1S/C19H31N/c1-5-14-7-6-8-15(11-14)18-12-17(19(2,3)4)10-9-16(18)13-20/h6-8,11,16-18H,5,9-10,12-13,20H2,1-4H3. The third-order valence-electron chi connectivity index (χ3n) is 5.31. The third kappa shape index (κ3) is 3.44. The summed E-state index contributed by atoms with van der Waals surface area (Å²) in [6.45, 7) is 10.2. The molecule has 1 saturated carbocycles. The molecule has 1 aromatic carbocycles. The Morgan fingerprint density at radius 1 is 1.20 bits per heavy atom. The zero-order valence-corrected chi connectivity index (χ0v) is 13.7. The van der Waals surface area contributed by atoms with Gasteiger partial charge in [-0.1, -0.05) is 52.0 Å². The molecule has 3 unspecified atom stereocenters. The molecule has 0 aliphatic heterocycles. The van der Waals surface area contributed by atoms with Crippen LogP contribution in [0.4, 0.5) is 0 Å². The number of aryl methyl sites for hydroxylation is 1. The van der Waals surface area contributed by atoms with Gasteiger partial charge in [0.25, 0.3) is 0 Å². The Labute approximate surface area is 125 Å². The van der Waals surface area contributed by atoms with Crippen LogP contribution in [0.5, 0.6) is 0 Å². The summed E-state index contributed by atoms with van der Waals surface area (Å²) in [6.07, 6.45) is 5.06. The van der Waals surface area contributed by atoms with E-state index < -0.39 is 0 Å². The van der Waals surface area contributed by atoms with E-state index in [1.165, 1.54) is 30.4 Å². The van der Waals surface area contributed by atoms with Crippen LogP contribution in [-0.2, 0) is 6.42 Å². The Morgan fingerprint density at radius 2 is 1.95 bits per heavy atom. The molecular weight excluding hydrogens is 242 g/mol. The van der Waals surface area contributed by atoms with Crippen LogP contribution >= 0.6 is 0 Å². The lowest BCUT2D eigenvalue weighted by molar-refractivity contribution is 0.133. The fourth-order valence-corrected chi connectivity index (χ4v) is 3.75. The predicted molar refractivity (Wildman–Crippen MR) is 87.9 cm³/mol. The van der Waals surface area contributed by atoms with E-state index in [-0.39, 0.29) is 0 Å². The van der Waals surface area contributed by atoms with Crippen molar-refractivity contribution in [2.24, 2.45) is 23.0 Å². The van der Waals surface area contributed by atoms with Gasteiger partial charge in [0.15, 0.2) is 0 Å². The molecule has 1 aromatic rings. The predicted octanol–water partition coefficient (Wildman–Crippen LogP) is 4.75. The highest BCUT2D eigenvalue weighted by Gasteiger charge is 2.35. The monoisotopic (exact) mass is 273 g/mol. The van der Waals surface area contributed by atoms with Gasteiger partial charge in [-0.2, -0.15) is 0 Å². The van der Waals surface area contributed by atoms with E-state index in [9.17, 15) is 0 Å². The fourth-order valence-electron chi connectivity index (χ4n) is 3.75. The lowest BCUT2D eigenvalue weighted by atomic mass is 9.64. The molecule has 0 amide bonds. The first-order valence-corrected chi connectivity index (χ1v) is 8.24. The molecule has 0 spiro atoms. The molecule has 0 saturated heterocycles. The molecule has 1 aliphatic carbocycles. The zero-order valence-electron chi connectivity index (χ0n) is 13.7. The molecule has 20 heavy (non-hydrogen) atoms. The van der Waals surface area contributed by atoms with E-state index in [0.717, 1.165) is 18.9 Å². The van der Waals surface area contributed by atoms with Gasteiger partial charge in [-0.25, -0.2) is 0 Å². The quantitative estimate of drug-likeness (QED) is 0.844. The number of hydrogen-bond acceptors (Lipinski definition) is 1. The first kappa shape index (κ1) is 15.6. The summed E-state index contributed by atoms with van der Waals surface area (Å²) in [7, 11) is 0. The second kappa shape index (κ2) is 6.30. The molecule has 1 aliphatic rings. The first-order chi connectivity index (χ1) is 9.45. The molecule has 1 fully saturated rings. The van der Waals surface area contributed by atoms with Crippen molar-refractivity contribution in [2.75, 3.05) is 6.54 Å². The Hall–Kier alpha value is -0.820. The Balaban J connectivity index is 2.24. The maximum Gasteiger partial charge on any atom is -0.00430 e. The van der Waals surface area contributed by atoms with Gasteiger partial charge in [0.2, 0.25) is 0 Å². The lowest BCUT2D eigenvalue weighted by Gasteiger charge is -2.42. The number of nitrogens with two attached hydrogens (primary N) is 1. The maximum atomic E-state index is 6.06. The third-order valence-corrected chi connectivity index (χ3v) is 5.31. The van der Waals surface area contributed by atoms with Crippen molar-refractivity contribution in [1.82, 2.24) is 0 Å². The highest BCUT2D eigenvalue weighted by Crippen LogP contribution is 2.46. The molecule has 0 heterocycles. The van der Waals surface area contributed by atoms with Gasteiger partial charge in [0, 0.05) is 0 Å². The van der Waals surface area contributed by atoms with E-state index >= 15 is 0 Å². The average Bonchev–Trinajstić information content (AvgIpc) is 2.45. The summed E-state index contributed by atoms with van der Waals surface area (Å²) >= 11 is 0. The summed E-state index contributed by atoms with van der Waals surface area (Å²) < 4.78 is 0. The van der Waals surface area contributed by atoms with E-state index in [0.29, 0.717) is 17.3 Å². The van der Waals surface area contributed by atoms with E-state index in [2.05, 4.69) is 52.0 Å². The van der Waals surface area contributed by atoms with Crippen LogP contribution in [-0.4, -0.2) is 6.54 Å². The second-order valence-electron chi connectivity index (χ2n) is 7.58. The van der Waals surface area contributed by atoms with Gasteiger partial charge in [-0.05, 0) is 66.5 Å². The van der Waals surface area contributed by atoms with Crippen molar-refractivity contribution in [3.63, 3.8) is 0 Å². The molecule has 2 N–H and O–H groups in total. The summed E-state index contributed by atoms with van der Waals surface area (Å²) in [5, 5.41) is 0. The minimum absolute atomic E-state index is 0.417. The molecular formula is C19H31N. The largest absolute Gasteiger partial charge is 0.330 e. The normalized spacial score (nSPS) is 27.6. The van der Waals surface area contributed by atoms with Gasteiger partial charge in [-0.15, -0.1) is 0 Å². The fraction of sp³-hybridized carbons (Fsp3) is 0.684. The van der Waals surface area contributed by atoms with Crippen molar-refractivity contribution in [3.8, 4) is 0 Å². The van der Waals surface area contributed by atoms with Gasteiger partial charge < -0.3 is 5.73 Å². The summed E-state index contributed by atoms with van der Waals surface area (Å²) in [6, 6.07) is 9.20. The maximum absolute atomic E-state index is 6.06. The molecule has 0 bridgehead atoms. The van der Waals surface area contributed by atoms with Crippen LogP contribution in [0.25, 0.3) is 0 Å². The van der Waals surface area contributed by atoms with Crippen molar-refractivity contribution < 1.29 is 0 Å². The smallest absolute Gasteiger partial charge is 0.00430 e. The van der Waals surface area contributed by atoms with Crippen LogP contribution in [0, 0.1) is 17.3 Å². The van der Waals surface area contributed by atoms with Crippen molar-refractivity contribution in [2.45, 2.75) is 59.3 Å². The van der Waals surface area contributed by atoms with Crippen molar-refractivity contribution >= 4 is 0 Å². The van der Waals surface area contributed by atoms with Gasteiger partial charge in [-0.3, -0.25) is 0 Å². The van der Waals surface area contributed by atoms with Crippen LogP contribution in [0.2, 0.25) is 0 Å². The number of hydrogen-bond donors (Lipinski definition) is 1. The topological polar surface area (TPSA) is 26.0 Å². The first-order valence-electron chi connectivity index (χ1n) is 8.24. The molecule has 0 radical (unpaired) electrons. The van der Waals surface area contributed by atoms with Crippen molar-refractivity contribution in [1.29, 1.82) is 0 Å². The van der Waals surface area contributed by atoms with Crippen LogP contribution in [0.15, 0.2) is 24.3 Å². The highest BCUT2D eigenvalue weighted by molar-refractivity contribution is 5.27. The van der Waals surface area contributed by atoms with Gasteiger partial charge in [0.05, 0.1) is 0 Å². The Bertz CT molecular complexity index is 430. The average molecular weight is 273 g/mol. The van der Waals surface area contributed by atoms with Crippen LogP contribution in [0.3, 0.4) is 0 Å². The molecule has 1 heteroatoms. The zero-order chi connectivity index (χ0) is 14.8. The van der Waals surface area contributed by atoms with Crippen LogP contribution in [0.1, 0.15) is 64.0 Å². The summed E-state index contributed by atoms with van der Waals surface area (Å²) in [5.74, 6) is 2.14. The highest BCUT2D eigenvalue weighted by atomic mass is 14.6. The Morgan fingerprint density at radius 3 is 2.55 bits per heavy atom. The minimum Gasteiger partial charge on any atom is -0.330 e. The molecule has 2 rings (SSSR count). The Kier molecular flexibility index (Phi) is 4.90.